The zero-order chi connectivity index (χ0) is 18.8. The van der Waals surface area contributed by atoms with E-state index in [1.807, 2.05) is 36.1 Å². The Kier molecular flexibility index (Phi) is 4.86. The lowest BCUT2D eigenvalue weighted by Gasteiger charge is -2.34. The smallest absolute Gasteiger partial charge is 0.321 e. The van der Waals surface area contributed by atoms with Crippen molar-refractivity contribution in [2.45, 2.75) is 13.5 Å². The van der Waals surface area contributed by atoms with Crippen molar-refractivity contribution in [1.82, 2.24) is 14.4 Å². The molecule has 1 fully saturated rings. The van der Waals surface area contributed by atoms with Crippen molar-refractivity contribution in [2.24, 2.45) is 7.05 Å². The fourth-order valence-corrected chi connectivity index (χ4v) is 3.74. The summed E-state index contributed by atoms with van der Waals surface area (Å²) in [5.74, 6) is 0. The molecule has 0 unspecified atom stereocenters. The molecule has 1 saturated heterocycles. The van der Waals surface area contributed by atoms with Gasteiger partial charge in [0.15, 0.2) is 0 Å². The molecule has 2 heterocycles. The van der Waals surface area contributed by atoms with Gasteiger partial charge in [0.05, 0.1) is 0 Å². The van der Waals surface area contributed by atoms with Crippen LogP contribution in [-0.4, -0.2) is 46.6 Å². The molecule has 0 bridgehead atoms. The molecule has 2 amide bonds. The first-order valence-corrected chi connectivity index (χ1v) is 9.48. The molecule has 140 valence electrons. The topological polar surface area (TPSA) is 40.5 Å². The van der Waals surface area contributed by atoms with Crippen molar-refractivity contribution in [2.75, 3.05) is 31.5 Å². The monoisotopic (exact) mass is 362 g/mol. The number of piperazine rings is 1. The SMILES string of the molecule is Cc1ccc(NC(=O)N2CCN(Cc3cn(C)c4ccccc34)CC2)cc1. The Morgan fingerprint density at radius 2 is 1.70 bits per heavy atom. The molecule has 0 radical (unpaired) electrons. The van der Waals surface area contributed by atoms with Crippen LogP contribution < -0.4 is 5.32 Å². The van der Waals surface area contributed by atoms with Gasteiger partial charge in [-0.2, -0.15) is 0 Å². The zero-order valence-electron chi connectivity index (χ0n) is 16.0. The highest BCUT2D eigenvalue weighted by molar-refractivity contribution is 5.89. The van der Waals surface area contributed by atoms with Gasteiger partial charge in [-0.05, 0) is 30.7 Å². The maximum absolute atomic E-state index is 12.5. The van der Waals surface area contributed by atoms with Crippen molar-refractivity contribution < 1.29 is 4.79 Å². The summed E-state index contributed by atoms with van der Waals surface area (Å²) in [6, 6.07) is 16.4. The number of benzene rings is 2. The van der Waals surface area contributed by atoms with Crippen LogP contribution in [0.2, 0.25) is 0 Å². The first-order chi connectivity index (χ1) is 13.1. The number of rotatable bonds is 3. The average molecular weight is 362 g/mol. The molecule has 3 aromatic rings. The van der Waals surface area contributed by atoms with Gasteiger partial charge in [-0.1, -0.05) is 35.9 Å². The number of nitrogens with one attached hydrogen (secondary N) is 1. The minimum absolute atomic E-state index is 0.0105. The number of nitrogens with zero attached hydrogens (tertiary/aromatic N) is 3. The van der Waals surface area contributed by atoms with E-state index in [9.17, 15) is 4.79 Å². The molecule has 0 spiro atoms. The second-order valence-electron chi connectivity index (χ2n) is 7.34. The lowest BCUT2D eigenvalue weighted by molar-refractivity contribution is 0.143. The maximum Gasteiger partial charge on any atom is 0.321 e. The minimum Gasteiger partial charge on any atom is -0.350 e. The summed E-state index contributed by atoms with van der Waals surface area (Å²) in [5, 5.41) is 4.32. The molecule has 1 aromatic heterocycles. The first-order valence-electron chi connectivity index (χ1n) is 9.48. The Morgan fingerprint density at radius 1 is 1.00 bits per heavy atom. The number of amides is 2. The number of urea groups is 1. The standard InChI is InChI=1S/C22H26N4O/c1-17-7-9-19(10-8-17)23-22(27)26-13-11-25(12-14-26)16-18-15-24(2)21-6-4-3-5-20(18)21/h3-10,15H,11-14,16H2,1-2H3,(H,23,27). The van der Waals surface area contributed by atoms with Crippen LogP contribution in [0.25, 0.3) is 10.9 Å². The van der Waals surface area contributed by atoms with Gasteiger partial charge >= 0.3 is 6.03 Å². The number of fused-ring (bicyclic) bond motifs is 1. The molecule has 27 heavy (non-hydrogen) atoms. The number of carbonyl (C=O) groups is 1. The van der Waals surface area contributed by atoms with Crippen LogP contribution in [0, 0.1) is 6.92 Å². The quantitative estimate of drug-likeness (QED) is 0.769. The number of carbonyl (C=O) groups excluding carboxylic acids is 1. The van der Waals surface area contributed by atoms with Gasteiger partial charge in [0.25, 0.3) is 0 Å². The maximum atomic E-state index is 12.5. The van der Waals surface area contributed by atoms with Gasteiger partial charge in [-0.3, -0.25) is 4.90 Å². The highest BCUT2D eigenvalue weighted by Crippen LogP contribution is 2.22. The van der Waals surface area contributed by atoms with Crippen molar-refractivity contribution in [3.63, 3.8) is 0 Å². The summed E-state index contributed by atoms with van der Waals surface area (Å²) in [6.07, 6.45) is 2.22. The first kappa shape index (κ1) is 17.6. The molecule has 4 rings (SSSR count). The molecule has 0 atom stereocenters. The van der Waals surface area contributed by atoms with Crippen molar-refractivity contribution in [1.29, 1.82) is 0 Å². The second kappa shape index (κ2) is 7.45. The number of aryl methyl sites for hydroxylation is 2. The summed E-state index contributed by atoms with van der Waals surface area (Å²) in [4.78, 5) is 16.8. The Labute approximate surface area is 160 Å². The van der Waals surface area contributed by atoms with Crippen molar-refractivity contribution in [3.8, 4) is 0 Å². The predicted octanol–water partition coefficient (Wildman–Crippen LogP) is 3.84. The van der Waals surface area contributed by atoms with E-state index in [2.05, 4.69) is 52.3 Å². The highest BCUT2D eigenvalue weighted by Gasteiger charge is 2.22. The molecule has 1 N–H and O–H groups in total. The molecule has 0 saturated carbocycles. The van der Waals surface area contributed by atoms with Crippen LogP contribution in [0.3, 0.4) is 0 Å². The Morgan fingerprint density at radius 3 is 2.44 bits per heavy atom. The van der Waals surface area contributed by atoms with E-state index in [1.54, 1.807) is 0 Å². The van der Waals surface area contributed by atoms with Crippen LogP contribution in [-0.2, 0) is 13.6 Å². The summed E-state index contributed by atoms with van der Waals surface area (Å²) in [5.41, 5.74) is 4.66. The number of hydrogen-bond acceptors (Lipinski definition) is 2. The van der Waals surface area contributed by atoms with Crippen LogP contribution in [0.5, 0.6) is 0 Å². The Balaban J connectivity index is 1.34. The van der Waals surface area contributed by atoms with Crippen LogP contribution >= 0.6 is 0 Å². The van der Waals surface area contributed by atoms with E-state index in [4.69, 9.17) is 0 Å². The molecule has 2 aromatic carbocycles. The van der Waals surface area contributed by atoms with Crippen LogP contribution in [0.15, 0.2) is 54.7 Å². The largest absolute Gasteiger partial charge is 0.350 e. The predicted molar refractivity (Wildman–Crippen MR) is 110 cm³/mol. The third kappa shape index (κ3) is 3.83. The summed E-state index contributed by atoms with van der Waals surface area (Å²) >= 11 is 0. The zero-order valence-corrected chi connectivity index (χ0v) is 16.0. The minimum atomic E-state index is -0.0105. The molecule has 5 nitrogen and oxygen atoms in total. The average Bonchev–Trinajstić information content (AvgIpc) is 3.00. The summed E-state index contributed by atoms with van der Waals surface area (Å²) in [6.45, 7) is 6.26. The fraction of sp³-hybridized carbons (Fsp3) is 0.318. The van der Waals surface area contributed by atoms with Gasteiger partial charge in [0, 0.05) is 62.6 Å². The van der Waals surface area contributed by atoms with Crippen LogP contribution in [0.4, 0.5) is 10.5 Å². The van der Waals surface area contributed by atoms with Gasteiger partial charge < -0.3 is 14.8 Å². The van der Waals surface area contributed by atoms with E-state index in [-0.39, 0.29) is 6.03 Å². The summed E-state index contributed by atoms with van der Waals surface area (Å²) < 4.78 is 2.19. The van der Waals surface area contributed by atoms with Gasteiger partial charge in [0.2, 0.25) is 0 Å². The fourth-order valence-electron chi connectivity index (χ4n) is 3.74. The lowest BCUT2D eigenvalue weighted by Crippen LogP contribution is -2.49. The van der Waals surface area contributed by atoms with E-state index >= 15 is 0 Å². The van der Waals surface area contributed by atoms with Crippen molar-refractivity contribution >= 4 is 22.6 Å². The number of aromatic nitrogens is 1. The third-order valence-corrected chi connectivity index (χ3v) is 5.34. The number of hydrogen-bond donors (Lipinski definition) is 1. The van der Waals surface area contributed by atoms with E-state index in [1.165, 1.54) is 22.0 Å². The van der Waals surface area contributed by atoms with E-state index in [0.717, 1.165) is 38.4 Å². The number of anilines is 1. The molecule has 0 aliphatic carbocycles. The molecule has 1 aliphatic rings. The Hall–Kier alpha value is -2.79. The van der Waals surface area contributed by atoms with Gasteiger partial charge in [-0.25, -0.2) is 4.79 Å². The van der Waals surface area contributed by atoms with Gasteiger partial charge in [-0.15, -0.1) is 0 Å². The second-order valence-corrected chi connectivity index (χ2v) is 7.34. The van der Waals surface area contributed by atoms with Crippen LogP contribution in [0.1, 0.15) is 11.1 Å². The third-order valence-electron chi connectivity index (χ3n) is 5.34. The molecular weight excluding hydrogens is 336 g/mol. The summed E-state index contributed by atoms with van der Waals surface area (Å²) in [7, 11) is 2.10. The highest BCUT2D eigenvalue weighted by atomic mass is 16.2. The Bertz CT molecular complexity index is 937. The van der Waals surface area contributed by atoms with E-state index < -0.39 is 0 Å². The van der Waals surface area contributed by atoms with E-state index in [0.29, 0.717) is 0 Å². The lowest BCUT2D eigenvalue weighted by atomic mass is 10.1. The number of para-hydroxylation sites is 1. The van der Waals surface area contributed by atoms with Crippen molar-refractivity contribution in [3.05, 3.63) is 65.9 Å². The molecular formula is C22H26N4O. The van der Waals surface area contributed by atoms with Gasteiger partial charge in [0.1, 0.15) is 0 Å². The molecule has 5 heteroatoms. The normalized spacial score (nSPS) is 15.3. The molecule has 1 aliphatic heterocycles.